The summed E-state index contributed by atoms with van der Waals surface area (Å²) in [5.74, 6) is 3.27. The first-order valence-corrected chi connectivity index (χ1v) is 4.51. The Morgan fingerprint density at radius 2 is 2.00 bits per heavy atom. The van der Waals surface area contributed by atoms with E-state index in [2.05, 4.69) is 5.92 Å². The minimum absolute atomic E-state index is 0.710. The normalized spacial score (nSPS) is 9.09. The van der Waals surface area contributed by atoms with Crippen molar-refractivity contribution in [2.45, 2.75) is 4.90 Å². The van der Waals surface area contributed by atoms with Crippen molar-refractivity contribution in [3.8, 4) is 12.3 Å². The van der Waals surface area contributed by atoms with Crippen molar-refractivity contribution in [2.24, 2.45) is 0 Å². The monoisotopic (exact) mass is 182 g/mol. The van der Waals surface area contributed by atoms with E-state index in [0.717, 1.165) is 9.92 Å². The van der Waals surface area contributed by atoms with Gasteiger partial charge < -0.3 is 0 Å². The zero-order valence-electron chi connectivity index (χ0n) is 5.88. The second kappa shape index (κ2) is 4.33. The number of terminal acetylenes is 1. The van der Waals surface area contributed by atoms with E-state index in [0.29, 0.717) is 5.75 Å². The predicted octanol–water partition coefficient (Wildman–Crippen LogP) is 3.07. The van der Waals surface area contributed by atoms with Gasteiger partial charge in [-0.25, -0.2) is 0 Å². The molecule has 0 unspecified atom stereocenters. The lowest BCUT2D eigenvalue weighted by Gasteiger charge is -1.95. The smallest absolute Gasteiger partial charge is 0.0592 e. The van der Waals surface area contributed by atoms with Crippen LogP contribution < -0.4 is 0 Å². The molecular formula is C9H7ClS. The molecule has 56 valence electrons. The molecule has 0 atom stereocenters. The highest BCUT2D eigenvalue weighted by Gasteiger charge is 1.90. The molecule has 0 saturated heterocycles. The van der Waals surface area contributed by atoms with Crippen LogP contribution in [-0.2, 0) is 0 Å². The van der Waals surface area contributed by atoms with Gasteiger partial charge in [-0.05, 0) is 24.3 Å². The molecule has 0 aromatic heterocycles. The van der Waals surface area contributed by atoms with Crippen molar-refractivity contribution in [2.75, 3.05) is 5.75 Å². The maximum atomic E-state index is 5.70. The Balaban J connectivity index is 2.60. The van der Waals surface area contributed by atoms with Crippen LogP contribution in [0.3, 0.4) is 0 Å². The number of benzene rings is 1. The summed E-state index contributed by atoms with van der Waals surface area (Å²) in [4.78, 5) is 1.16. The molecule has 0 aliphatic carbocycles. The van der Waals surface area contributed by atoms with Crippen LogP contribution in [0.25, 0.3) is 0 Å². The largest absolute Gasteiger partial charge is 0.119 e. The van der Waals surface area contributed by atoms with Crippen LogP contribution in [0.15, 0.2) is 29.2 Å². The topological polar surface area (TPSA) is 0 Å². The standard InChI is InChI=1S/C9H7ClS/c1-2-7-11-9-5-3-8(10)4-6-9/h1,3-6H,7H2. The number of halogens is 1. The van der Waals surface area contributed by atoms with Crippen LogP contribution in [-0.4, -0.2) is 5.75 Å². The maximum Gasteiger partial charge on any atom is 0.0592 e. The van der Waals surface area contributed by atoms with Crippen LogP contribution in [0.5, 0.6) is 0 Å². The van der Waals surface area contributed by atoms with Crippen LogP contribution in [0.1, 0.15) is 0 Å². The van der Waals surface area contributed by atoms with Gasteiger partial charge in [0.2, 0.25) is 0 Å². The molecule has 1 aromatic carbocycles. The van der Waals surface area contributed by atoms with Gasteiger partial charge in [0.15, 0.2) is 0 Å². The Labute approximate surface area is 76.0 Å². The summed E-state index contributed by atoms with van der Waals surface area (Å²) in [6.07, 6.45) is 5.11. The Kier molecular flexibility index (Phi) is 3.35. The Morgan fingerprint density at radius 1 is 1.36 bits per heavy atom. The predicted molar refractivity (Wildman–Crippen MR) is 51.0 cm³/mol. The molecule has 0 nitrogen and oxygen atoms in total. The van der Waals surface area contributed by atoms with E-state index >= 15 is 0 Å². The molecule has 1 aromatic rings. The number of hydrogen-bond acceptors (Lipinski definition) is 1. The number of rotatable bonds is 2. The van der Waals surface area contributed by atoms with E-state index in [1.807, 2.05) is 24.3 Å². The molecule has 0 fully saturated rings. The molecule has 2 heteroatoms. The second-order valence-corrected chi connectivity index (χ2v) is 3.43. The maximum absolute atomic E-state index is 5.70. The van der Waals surface area contributed by atoms with Crippen LogP contribution in [0, 0.1) is 12.3 Å². The average Bonchev–Trinajstić information content (AvgIpc) is 2.04. The second-order valence-electron chi connectivity index (χ2n) is 1.95. The summed E-state index contributed by atoms with van der Waals surface area (Å²) in [5.41, 5.74) is 0. The molecule has 0 aliphatic heterocycles. The molecule has 0 aliphatic rings. The van der Waals surface area contributed by atoms with Crippen molar-refractivity contribution in [1.29, 1.82) is 0 Å². The minimum atomic E-state index is 0.710. The number of hydrogen-bond donors (Lipinski definition) is 0. The fraction of sp³-hybridized carbons (Fsp3) is 0.111. The fourth-order valence-corrected chi connectivity index (χ4v) is 1.36. The Bertz CT molecular complexity index is 258. The van der Waals surface area contributed by atoms with Crippen LogP contribution in [0.2, 0.25) is 5.02 Å². The first kappa shape index (κ1) is 8.52. The molecule has 0 radical (unpaired) electrons. The van der Waals surface area contributed by atoms with Gasteiger partial charge in [0.1, 0.15) is 0 Å². The first-order valence-electron chi connectivity index (χ1n) is 3.15. The van der Waals surface area contributed by atoms with Crippen molar-refractivity contribution in [3.63, 3.8) is 0 Å². The van der Waals surface area contributed by atoms with E-state index in [1.54, 1.807) is 11.8 Å². The highest BCUT2D eigenvalue weighted by molar-refractivity contribution is 7.99. The van der Waals surface area contributed by atoms with Gasteiger partial charge in [0.25, 0.3) is 0 Å². The minimum Gasteiger partial charge on any atom is -0.119 e. The lowest BCUT2D eigenvalue weighted by Crippen LogP contribution is -1.72. The summed E-state index contributed by atoms with van der Waals surface area (Å²) < 4.78 is 0. The lowest BCUT2D eigenvalue weighted by atomic mass is 10.4. The molecule has 11 heavy (non-hydrogen) atoms. The van der Waals surface area contributed by atoms with Crippen molar-refractivity contribution in [3.05, 3.63) is 29.3 Å². The van der Waals surface area contributed by atoms with Gasteiger partial charge in [-0.2, -0.15) is 0 Å². The summed E-state index contributed by atoms with van der Waals surface area (Å²) in [6.45, 7) is 0. The van der Waals surface area contributed by atoms with E-state index in [4.69, 9.17) is 18.0 Å². The number of thioether (sulfide) groups is 1. The van der Waals surface area contributed by atoms with Crippen LogP contribution in [0.4, 0.5) is 0 Å². The van der Waals surface area contributed by atoms with Gasteiger partial charge in [0.05, 0.1) is 5.75 Å². The van der Waals surface area contributed by atoms with E-state index in [9.17, 15) is 0 Å². The zero-order chi connectivity index (χ0) is 8.10. The van der Waals surface area contributed by atoms with E-state index < -0.39 is 0 Å². The SMILES string of the molecule is C#CCSc1ccc(Cl)cc1. The first-order chi connectivity index (χ1) is 5.33. The Hall–Kier alpha value is -0.580. The van der Waals surface area contributed by atoms with Crippen molar-refractivity contribution < 1.29 is 0 Å². The molecule has 0 N–H and O–H groups in total. The third-order valence-electron chi connectivity index (χ3n) is 1.14. The molecule has 0 bridgehead atoms. The average molecular weight is 183 g/mol. The highest BCUT2D eigenvalue weighted by Crippen LogP contribution is 2.19. The molecule has 0 saturated carbocycles. The molecule has 0 amide bonds. The summed E-state index contributed by atoms with van der Waals surface area (Å²) in [6, 6.07) is 7.65. The van der Waals surface area contributed by atoms with Gasteiger partial charge in [-0.15, -0.1) is 18.2 Å². The molecule has 1 rings (SSSR count). The summed E-state index contributed by atoms with van der Waals surface area (Å²) in [5, 5.41) is 0.759. The molecular weight excluding hydrogens is 176 g/mol. The van der Waals surface area contributed by atoms with Crippen LogP contribution >= 0.6 is 23.4 Å². The third kappa shape index (κ3) is 2.88. The van der Waals surface area contributed by atoms with E-state index in [1.165, 1.54) is 0 Å². The van der Waals surface area contributed by atoms with Crippen molar-refractivity contribution >= 4 is 23.4 Å². The zero-order valence-corrected chi connectivity index (χ0v) is 7.45. The van der Waals surface area contributed by atoms with E-state index in [-0.39, 0.29) is 0 Å². The molecule has 0 spiro atoms. The van der Waals surface area contributed by atoms with Gasteiger partial charge in [-0.1, -0.05) is 17.5 Å². The fourth-order valence-electron chi connectivity index (χ4n) is 0.656. The van der Waals surface area contributed by atoms with Gasteiger partial charge in [-0.3, -0.25) is 0 Å². The summed E-state index contributed by atoms with van der Waals surface area (Å²) in [7, 11) is 0. The Morgan fingerprint density at radius 3 is 2.55 bits per heavy atom. The quantitative estimate of drug-likeness (QED) is 0.501. The lowest BCUT2D eigenvalue weighted by molar-refractivity contribution is 1.46. The van der Waals surface area contributed by atoms with Gasteiger partial charge >= 0.3 is 0 Å². The molecule has 0 heterocycles. The highest BCUT2D eigenvalue weighted by atomic mass is 35.5. The summed E-state index contributed by atoms with van der Waals surface area (Å²) >= 11 is 7.33. The van der Waals surface area contributed by atoms with Gasteiger partial charge in [0, 0.05) is 9.92 Å². The third-order valence-corrected chi connectivity index (χ3v) is 2.30. The van der Waals surface area contributed by atoms with Crippen molar-refractivity contribution in [1.82, 2.24) is 0 Å².